The van der Waals surface area contributed by atoms with E-state index in [2.05, 4.69) is 10.3 Å². The van der Waals surface area contributed by atoms with Gasteiger partial charge in [0.2, 0.25) is 0 Å². The number of anilines is 2. The SMILES string of the molecule is CCOc1ccc(N2CN=c3s/c(=C4\C(=O)Nc5ccccc54)c(=O)n3C2)cc1. The highest BCUT2D eigenvalue weighted by Gasteiger charge is 2.27. The summed E-state index contributed by atoms with van der Waals surface area (Å²) < 4.78 is 7.54. The fourth-order valence-corrected chi connectivity index (χ4v) is 4.64. The molecule has 8 heteroatoms. The van der Waals surface area contributed by atoms with Crippen molar-refractivity contribution in [2.45, 2.75) is 13.6 Å². The summed E-state index contributed by atoms with van der Waals surface area (Å²) in [5, 5.41) is 2.83. The molecule has 0 radical (unpaired) electrons. The van der Waals surface area contributed by atoms with Crippen LogP contribution in [0.25, 0.3) is 5.57 Å². The van der Waals surface area contributed by atoms with E-state index >= 15 is 0 Å². The van der Waals surface area contributed by atoms with Gasteiger partial charge in [0.15, 0.2) is 4.80 Å². The largest absolute Gasteiger partial charge is 0.494 e. The van der Waals surface area contributed by atoms with Crippen LogP contribution in [0.2, 0.25) is 0 Å². The number of carbonyl (C=O) groups is 1. The van der Waals surface area contributed by atoms with E-state index < -0.39 is 0 Å². The van der Waals surface area contributed by atoms with Crippen molar-refractivity contribution in [2.24, 2.45) is 4.99 Å². The van der Waals surface area contributed by atoms with Gasteiger partial charge < -0.3 is 15.0 Å². The van der Waals surface area contributed by atoms with Crippen molar-refractivity contribution in [3.05, 3.63) is 73.8 Å². The lowest BCUT2D eigenvalue weighted by molar-refractivity contribution is -0.110. The van der Waals surface area contributed by atoms with Gasteiger partial charge in [0.25, 0.3) is 11.5 Å². The van der Waals surface area contributed by atoms with E-state index in [1.54, 1.807) is 4.57 Å². The molecule has 0 atom stereocenters. The summed E-state index contributed by atoms with van der Waals surface area (Å²) in [4.78, 5) is 32.9. The molecular formula is C21H18N4O3S. The fourth-order valence-electron chi connectivity index (χ4n) is 3.59. The van der Waals surface area contributed by atoms with E-state index in [0.717, 1.165) is 22.7 Å². The van der Waals surface area contributed by atoms with E-state index in [-0.39, 0.29) is 11.5 Å². The number of aromatic nitrogens is 1. The quantitative estimate of drug-likeness (QED) is 0.716. The fraction of sp³-hybridized carbons (Fsp3) is 0.190. The molecule has 0 unspecified atom stereocenters. The molecule has 3 heterocycles. The van der Waals surface area contributed by atoms with Crippen LogP contribution >= 0.6 is 11.3 Å². The maximum Gasteiger partial charge on any atom is 0.272 e. The second kappa shape index (κ2) is 6.89. The standard InChI is InChI=1S/C21H18N4O3S/c1-2-28-14-9-7-13(8-10-14)24-11-22-21-25(12-24)20(27)18(29-21)17-15-5-3-4-6-16(15)23-19(17)26/h3-10H,2,11-12H2,1H3,(H,23,26)/b18-17-. The molecule has 0 aliphatic carbocycles. The normalized spacial score (nSPS) is 16.7. The minimum Gasteiger partial charge on any atom is -0.494 e. The third kappa shape index (κ3) is 2.92. The number of thiazole rings is 1. The first kappa shape index (κ1) is 17.7. The Labute approximate surface area is 170 Å². The monoisotopic (exact) mass is 406 g/mol. The van der Waals surface area contributed by atoms with Gasteiger partial charge in [-0.2, -0.15) is 0 Å². The first-order valence-electron chi connectivity index (χ1n) is 9.32. The first-order valence-corrected chi connectivity index (χ1v) is 10.1. The number of carbonyl (C=O) groups excluding carboxylic acids is 1. The number of ether oxygens (including phenoxy) is 1. The van der Waals surface area contributed by atoms with Gasteiger partial charge in [-0.25, -0.2) is 4.99 Å². The highest BCUT2D eigenvalue weighted by molar-refractivity contribution is 7.07. The smallest absolute Gasteiger partial charge is 0.272 e. The van der Waals surface area contributed by atoms with E-state index in [0.29, 0.717) is 34.9 Å². The average molecular weight is 406 g/mol. The number of amides is 1. The molecule has 1 N–H and O–H groups in total. The van der Waals surface area contributed by atoms with Gasteiger partial charge in [0.1, 0.15) is 23.6 Å². The Morgan fingerprint density at radius 2 is 1.93 bits per heavy atom. The number of rotatable bonds is 3. The van der Waals surface area contributed by atoms with Crippen LogP contribution in [0.1, 0.15) is 12.5 Å². The van der Waals surface area contributed by atoms with Crippen molar-refractivity contribution in [3.8, 4) is 5.75 Å². The zero-order valence-corrected chi connectivity index (χ0v) is 16.5. The van der Waals surface area contributed by atoms with Crippen molar-refractivity contribution in [2.75, 3.05) is 23.5 Å². The topological polar surface area (TPSA) is 75.9 Å². The molecule has 0 fully saturated rings. The van der Waals surface area contributed by atoms with Crippen molar-refractivity contribution < 1.29 is 9.53 Å². The molecule has 5 rings (SSSR count). The van der Waals surface area contributed by atoms with Crippen LogP contribution in [0.4, 0.5) is 11.4 Å². The van der Waals surface area contributed by atoms with Crippen molar-refractivity contribution in [1.29, 1.82) is 0 Å². The predicted octanol–water partition coefficient (Wildman–Crippen LogP) is 1.51. The average Bonchev–Trinajstić information content (AvgIpc) is 3.24. The van der Waals surface area contributed by atoms with Crippen LogP contribution in [0.5, 0.6) is 5.75 Å². The molecule has 0 spiro atoms. The maximum absolute atomic E-state index is 13.1. The third-order valence-electron chi connectivity index (χ3n) is 4.96. The molecule has 146 valence electrons. The van der Waals surface area contributed by atoms with E-state index in [4.69, 9.17) is 4.74 Å². The van der Waals surface area contributed by atoms with Gasteiger partial charge in [0.05, 0.1) is 12.2 Å². The lowest BCUT2D eigenvalue weighted by Crippen LogP contribution is -2.43. The number of nitrogens with zero attached hydrogens (tertiary/aromatic N) is 3. The molecule has 2 aromatic carbocycles. The van der Waals surface area contributed by atoms with E-state index in [9.17, 15) is 9.59 Å². The molecule has 1 amide bonds. The van der Waals surface area contributed by atoms with Gasteiger partial charge in [-0.3, -0.25) is 14.2 Å². The maximum atomic E-state index is 13.1. The Bertz CT molecular complexity index is 1290. The van der Waals surface area contributed by atoms with Crippen LogP contribution in [0, 0.1) is 0 Å². The van der Waals surface area contributed by atoms with E-state index in [1.165, 1.54) is 11.3 Å². The third-order valence-corrected chi connectivity index (χ3v) is 6.08. The van der Waals surface area contributed by atoms with Crippen LogP contribution in [-0.2, 0) is 11.5 Å². The highest BCUT2D eigenvalue weighted by Crippen LogP contribution is 2.29. The van der Waals surface area contributed by atoms with Crippen LogP contribution in [-0.4, -0.2) is 23.7 Å². The summed E-state index contributed by atoms with van der Waals surface area (Å²) in [5.41, 5.74) is 2.69. The molecule has 2 aliphatic heterocycles. The molecule has 2 aliphatic rings. The second-order valence-electron chi connectivity index (χ2n) is 6.73. The lowest BCUT2D eigenvalue weighted by Gasteiger charge is -2.25. The minimum absolute atomic E-state index is 0.189. The van der Waals surface area contributed by atoms with Crippen LogP contribution in [0.3, 0.4) is 0 Å². The zero-order chi connectivity index (χ0) is 20.0. The van der Waals surface area contributed by atoms with Crippen molar-refractivity contribution >= 4 is 34.2 Å². The number of hydrogen-bond acceptors (Lipinski definition) is 6. The Morgan fingerprint density at radius 3 is 2.72 bits per heavy atom. The Hall–Kier alpha value is -3.39. The Kier molecular flexibility index (Phi) is 4.21. The van der Waals surface area contributed by atoms with Gasteiger partial charge in [-0.05, 0) is 37.3 Å². The molecule has 0 saturated carbocycles. The van der Waals surface area contributed by atoms with Gasteiger partial charge in [-0.15, -0.1) is 0 Å². The molecular weight excluding hydrogens is 388 g/mol. The molecule has 7 nitrogen and oxygen atoms in total. The summed E-state index contributed by atoms with van der Waals surface area (Å²) in [6, 6.07) is 15.1. The number of nitrogens with one attached hydrogen (secondary N) is 1. The van der Waals surface area contributed by atoms with Crippen molar-refractivity contribution in [3.63, 3.8) is 0 Å². The second-order valence-corrected chi connectivity index (χ2v) is 7.71. The molecule has 1 aromatic heterocycles. The van der Waals surface area contributed by atoms with Crippen molar-refractivity contribution in [1.82, 2.24) is 4.57 Å². The Balaban J connectivity index is 1.55. The summed E-state index contributed by atoms with van der Waals surface area (Å²) in [6.45, 7) is 3.40. The molecule has 29 heavy (non-hydrogen) atoms. The first-order chi connectivity index (χ1) is 14.2. The predicted molar refractivity (Wildman–Crippen MR) is 112 cm³/mol. The summed E-state index contributed by atoms with van der Waals surface area (Å²) in [6.07, 6.45) is 0. The molecule has 0 saturated heterocycles. The highest BCUT2D eigenvalue weighted by atomic mass is 32.1. The number of hydrogen-bond donors (Lipinski definition) is 1. The molecule has 0 bridgehead atoms. The van der Waals surface area contributed by atoms with Crippen LogP contribution < -0.4 is 29.8 Å². The summed E-state index contributed by atoms with van der Waals surface area (Å²) in [7, 11) is 0. The van der Waals surface area contributed by atoms with Gasteiger partial charge >= 0.3 is 0 Å². The van der Waals surface area contributed by atoms with Crippen LogP contribution in [0.15, 0.2) is 58.3 Å². The number of para-hydroxylation sites is 1. The van der Waals surface area contributed by atoms with E-state index in [1.807, 2.05) is 60.4 Å². The van der Waals surface area contributed by atoms with Gasteiger partial charge in [-0.1, -0.05) is 29.5 Å². The lowest BCUT2D eigenvalue weighted by atomic mass is 10.1. The number of benzene rings is 2. The Morgan fingerprint density at radius 1 is 1.14 bits per heavy atom. The molecule has 3 aromatic rings. The van der Waals surface area contributed by atoms with Gasteiger partial charge in [0, 0.05) is 16.9 Å². The minimum atomic E-state index is -0.245. The summed E-state index contributed by atoms with van der Waals surface area (Å²) >= 11 is 1.27. The zero-order valence-electron chi connectivity index (χ0n) is 15.7. The summed E-state index contributed by atoms with van der Waals surface area (Å²) in [5.74, 6) is 0.564. The number of fused-ring (bicyclic) bond motifs is 2.